The van der Waals surface area contributed by atoms with Crippen molar-refractivity contribution in [1.29, 1.82) is 0 Å². The average Bonchev–Trinajstić information content (AvgIpc) is 3.13. The van der Waals surface area contributed by atoms with Crippen molar-refractivity contribution in [1.82, 2.24) is 29.8 Å². The molecule has 0 aliphatic carbocycles. The van der Waals surface area contributed by atoms with Crippen molar-refractivity contribution in [2.75, 3.05) is 11.9 Å². The molecule has 9 nitrogen and oxygen atoms in total. The Bertz CT molecular complexity index is 1420. The SMILES string of the molecule is CCOc1nc2c(cc1C(=O)NCc1ncccc1C(F)(F)F)nc(Nc1c(Cl)cncc1Cl)n2C. The van der Waals surface area contributed by atoms with Gasteiger partial charge in [-0.05, 0) is 25.1 Å². The van der Waals surface area contributed by atoms with Gasteiger partial charge in [0.1, 0.15) is 11.1 Å². The zero-order chi connectivity index (χ0) is 26.0. The summed E-state index contributed by atoms with van der Waals surface area (Å²) in [5.74, 6) is -0.392. The molecular weight excluding hydrogens is 522 g/mol. The number of fused-ring (bicyclic) bond motifs is 1. The van der Waals surface area contributed by atoms with Crippen LogP contribution in [0.1, 0.15) is 28.5 Å². The molecule has 4 rings (SSSR count). The number of ether oxygens (including phenoxy) is 1. The van der Waals surface area contributed by atoms with E-state index in [4.69, 9.17) is 27.9 Å². The van der Waals surface area contributed by atoms with Gasteiger partial charge in [0.2, 0.25) is 11.8 Å². The number of carbonyl (C=O) groups excluding carboxylic acids is 1. The Labute approximate surface area is 212 Å². The third-order valence-corrected chi connectivity index (χ3v) is 5.61. The molecule has 0 fully saturated rings. The number of aromatic nitrogens is 5. The van der Waals surface area contributed by atoms with Gasteiger partial charge >= 0.3 is 6.18 Å². The number of pyridine rings is 3. The largest absolute Gasteiger partial charge is 0.477 e. The highest BCUT2D eigenvalue weighted by Crippen LogP contribution is 2.33. The number of hydrogen-bond acceptors (Lipinski definition) is 7. The van der Waals surface area contributed by atoms with E-state index in [1.165, 1.54) is 30.7 Å². The molecule has 188 valence electrons. The molecular formula is C22H18Cl2F3N7O2. The lowest BCUT2D eigenvalue weighted by Gasteiger charge is -2.13. The Morgan fingerprint density at radius 1 is 1.19 bits per heavy atom. The van der Waals surface area contributed by atoms with Crippen LogP contribution in [0.4, 0.5) is 24.8 Å². The molecule has 4 aromatic rings. The van der Waals surface area contributed by atoms with E-state index in [1.54, 1.807) is 18.5 Å². The van der Waals surface area contributed by atoms with E-state index in [1.807, 2.05) is 0 Å². The highest BCUT2D eigenvalue weighted by atomic mass is 35.5. The highest BCUT2D eigenvalue weighted by molar-refractivity contribution is 6.39. The Balaban J connectivity index is 1.66. The number of nitrogens with zero attached hydrogens (tertiary/aromatic N) is 5. The molecule has 0 saturated carbocycles. The predicted octanol–water partition coefficient (Wildman–Crippen LogP) is 5.16. The quantitative estimate of drug-likeness (QED) is 0.334. The fourth-order valence-electron chi connectivity index (χ4n) is 3.36. The monoisotopic (exact) mass is 539 g/mol. The van der Waals surface area contributed by atoms with Crippen molar-refractivity contribution in [2.45, 2.75) is 19.6 Å². The maximum absolute atomic E-state index is 13.3. The highest BCUT2D eigenvalue weighted by Gasteiger charge is 2.34. The lowest BCUT2D eigenvalue weighted by molar-refractivity contribution is -0.138. The Hall–Kier alpha value is -3.64. The van der Waals surface area contributed by atoms with E-state index < -0.39 is 24.2 Å². The molecule has 4 heterocycles. The third kappa shape index (κ3) is 5.14. The first kappa shape index (κ1) is 25.5. The van der Waals surface area contributed by atoms with Gasteiger partial charge in [0, 0.05) is 25.6 Å². The first-order valence-electron chi connectivity index (χ1n) is 10.5. The van der Waals surface area contributed by atoms with Crippen LogP contribution in [0.15, 0.2) is 36.8 Å². The smallest absolute Gasteiger partial charge is 0.418 e. The molecule has 0 aliphatic rings. The molecule has 0 atom stereocenters. The van der Waals surface area contributed by atoms with E-state index >= 15 is 0 Å². The van der Waals surface area contributed by atoms with Gasteiger partial charge in [0.15, 0.2) is 5.65 Å². The summed E-state index contributed by atoms with van der Waals surface area (Å²) < 4.78 is 46.9. The van der Waals surface area contributed by atoms with Crippen LogP contribution >= 0.6 is 23.2 Å². The Morgan fingerprint density at radius 3 is 2.58 bits per heavy atom. The Kier molecular flexibility index (Phi) is 7.18. The fourth-order valence-corrected chi connectivity index (χ4v) is 3.81. The van der Waals surface area contributed by atoms with Crippen LogP contribution in [-0.4, -0.2) is 37.0 Å². The number of carbonyl (C=O) groups is 1. The van der Waals surface area contributed by atoms with Crippen LogP contribution < -0.4 is 15.4 Å². The van der Waals surface area contributed by atoms with Crippen molar-refractivity contribution in [3.63, 3.8) is 0 Å². The first-order chi connectivity index (χ1) is 17.1. The van der Waals surface area contributed by atoms with E-state index in [-0.39, 0.29) is 33.8 Å². The third-order valence-electron chi connectivity index (χ3n) is 5.04. The molecule has 0 aliphatic heterocycles. The van der Waals surface area contributed by atoms with Crippen LogP contribution in [0.25, 0.3) is 11.2 Å². The van der Waals surface area contributed by atoms with Gasteiger partial charge in [0.25, 0.3) is 5.91 Å². The van der Waals surface area contributed by atoms with Gasteiger partial charge in [-0.2, -0.15) is 18.2 Å². The summed E-state index contributed by atoms with van der Waals surface area (Å²) in [6.07, 6.45) is -0.556. The number of halogens is 5. The second-order valence-electron chi connectivity index (χ2n) is 7.39. The van der Waals surface area contributed by atoms with Crippen molar-refractivity contribution in [3.05, 3.63) is 63.7 Å². The van der Waals surface area contributed by atoms with Gasteiger partial charge in [-0.1, -0.05) is 23.2 Å². The summed E-state index contributed by atoms with van der Waals surface area (Å²) >= 11 is 12.4. The van der Waals surface area contributed by atoms with Crippen molar-refractivity contribution >= 4 is 51.9 Å². The van der Waals surface area contributed by atoms with Crippen molar-refractivity contribution in [2.24, 2.45) is 7.05 Å². The van der Waals surface area contributed by atoms with E-state index in [9.17, 15) is 18.0 Å². The van der Waals surface area contributed by atoms with Crippen LogP contribution in [0.5, 0.6) is 5.88 Å². The van der Waals surface area contributed by atoms with Gasteiger partial charge < -0.3 is 15.4 Å². The van der Waals surface area contributed by atoms with Crippen LogP contribution in [0.3, 0.4) is 0 Å². The second kappa shape index (κ2) is 10.2. The predicted molar refractivity (Wildman–Crippen MR) is 128 cm³/mol. The first-order valence-corrected chi connectivity index (χ1v) is 11.2. The number of anilines is 2. The maximum atomic E-state index is 13.3. The van der Waals surface area contributed by atoms with Crippen molar-refractivity contribution < 1.29 is 22.7 Å². The molecule has 0 radical (unpaired) electrons. The minimum absolute atomic E-state index is 0.00142. The van der Waals surface area contributed by atoms with Crippen LogP contribution in [-0.2, 0) is 19.8 Å². The average molecular weight is 540 g/mol. The van der Waals surface area contributed by atoms with E-state index in [2.05, 4.69) is 30.6 Å². The lowest BCUT2D eigenvalue weighted by Crippen LogP contribution is -2.26. The molecule has 4 aromatic heterocycles. The summed E-state index contributed by atoms with van der Waals surface area (Å²) in [6.45, 7) is 1.45. The molecule has 0 saturated heterocycles. The van der Waals surface area contributed by atoms with Crippen molar-refractivity contribution in [3.8, 4) is 5.88 Å². The van der Waals surface area contributed by atoms with Gasteiger partial charge in [-0.3, -0.25) is 19.3 Å². The molecule has 0 unspecified atom stereocenters. The number of aryl methyl sites for hydroxylation is 1. The number of nitrogens with one attached hydrogen (secondary N) is 2. The van der Waals surface area contributed by atoms with Crippen LogP contribution in [0.2, 0.25) is 10.0 Å². The number of hydrogen-bond donors (Lipinski definition) is 2. The normalized spacial score (nSPS) is 11.5. The van der Waals surface area contributed by atoms with Gasteiger partial charge in [0.05, 0.1) is 40.1 Å². The topological polar surface area (TPSA) is 107 Å². The Morgan fingerprint density at radius 2 is 1.92 bits per heavy atom. The standard InChI is InChI=1S/C22H18Cl2F3N7O2/c1-3-36-20-11(19(35)30-10-16-12(22(25,26)27)5-4-6-29-16)7-15-18(33-20)34(2)21(31-15)32-17-13(23)8-28-9-14(17)24/h4-9H,3,10H2,1-2H3,(H,30,35)(H,28,31,32). The minimum Gasteiger partial charge on any atom is -0.477 e. The van der Waals surface area contributed by atoms with Gasteiger partial charge in [-0.25, -0.2) is 4.98 Å². The maximum Gasteiger partial charge on any atom is 0.418 e. The molecule has 0 aromatic carbocycles. The summed E-state index contributed by atoms with van der Waals surface area (Å²) in [5.41, 5.74) is -0.172. The summed E-state index contributed by atoms with van der Waals surface area (Å²) in [4.78, 5) is 29.5. The number of imidazole rings is 1. The number of alkyl halides is 3. The molecule has 0 spiro atoms. The zero-order valence-electron chi connectivity index (χ0n) is 18.8. The summed E-state index contributed by atoms with van der Waals surface area (Å²) in [6, 6.07) is 3.52. The second-order valence-corrected chi connectivity index (χ2v) is 8.21. The fraction of sp³-hybridized carbons (Fsp3) is 0.227. The number of amides is 1. The molecule has 14 heteroatoms. The molecule has 0 bridgehead atoms. The van der Waals surface area contributed by atoms with Crippen LogP contribution in [0, 0.1) is 0 Å². The lowest BCUT2D eigenvalue weighted by atomic mass is 10.1. The molecule has 1 amide bonds. The number of rotatable bonds is 7. The van der Waals surface area contributed by atoms with E-state index in [0.717, 1.165) is 6.07 Å². The van der Waals surface area contributed by atoms with Gasteiger partial charge in [-0.15, -0.1) is 0 Å². The molecule has 2 N–H and O–H groups in total. The summed E-state index contributed by atoms with van der Waals surface area (Å²) in [7, 11) is 1.68. The minimum atomic E-state index is -4.61. The summed E-state index contributed by atoms with van der Waals surface area (Å²) in [5, 5.41) is 6.01. The van der Waals surface area contributed by atoms with E-state index in [0.29, 0.717) is 22.8 Å². The molecule has 36 heavy (non-hydrogen) atoms. The zero-order valence-corrected chi connectivity index (χ0v) is 20.3.